The summed E-state index contributed by atoms with van der Waals surface area (Å²) in [6, 6.07) is 8.25. The fraction of sp³-hybridized carbons (Fsp3) is 0.647. The first-order chi connectivity index (χ1) is 9.56. The molecular formula is C17H27ClN2. The minimum absolute atomic E-state index is 0.0973. The molecule has 112 valence electrons. The highest BCUT2D eigenvalue weighted by Gasteiger charge is 2.36. The quantitative estimate of drug-likeness (QED) is 0.893. The number of likely N-dealkylation sites (tertiary alicyclic amines) is 1. The van der Waals surface area contributed by atoms with Gasteiger partial charge in [-0.3, -0.25) is 4.90 Å². The first kappa shape index (κ1) is 15.8. The normalized spacial score (nSPS) is 21.4. The van der Waals surface area contributed by atoms with E-state index in [1.165, 1.54) is 37.9 Å². The fourth-order valence-electron chi connectivity index (χ4n) is 3.22. The second-order valence-corrected chi connectivity index (χ2v) is 6.63. The van der Waals surface area contributed by atoms with Crippen LogP contribution < -0.4 is 5.73 Å². The van der Waals surface area contributed by atoms with Crippen LogP contribution >= 0.6 is 11.6 Å². The molecule has 0 saturated carbocycles. The molecule has 1 aromatic rings. The zero-order valence-corrected chi connectivity index (χ0v) is 13.5. The molecule has 1 fully saturated rings. The number of rotatable bonds is 5. The van der Waals surface area contributed by atoms with Crippen molar-refractivity contribution >= 4 is 11.6 Å². The molecule has 1 aliphatic heterocycles. The van der Waals surface area contributed by atoms with Crippen LogP contribution in [0.2, 0.25) is 5.02 Å². The Morgan fingerprint density at radius 2 is 1.80 bits per heavy atom. The molecule has 0 aromatic heterocycles. The van der Waals surface area contributed by atoms with Crippen LogP contribution in [-0.4, -0.2) is 29.6 Å². The van der Waals surface area contributed by atoms with Crippen molar-refractivity contribution in [1.82, 2.24) is 4.90 Å². The maximum Gasteiger partial charge on any atom is 0.0406 e. The van der Waals surface area contributed by atoms with E-state index in [0.717, 1.165) is 17.9 Å². The number of nitrogens with zero attached hydrogens (tertiary/aromatic N) is 1. The molecule has 3 heteroatoms. The van der Waals surface area contributed by atoms with Gasteiger partial charge in [-0.1, -0.05) is 37.1 Å². The monoisotopic (exact) mass is 294 g/mol. The summed E-state index contributed by atoms with van der Waals surface area (Å²) in [7, 11) is 0. The lowest BCUT2D eigenvalue weighted by Crippen LogP contribution is -2.59. The summed E-state index contributed by atoms with van der Waals surface area (Å²) in [6.45, 7) is 6.98. The standard InChI is InChI=1S/C17H27ClN2/c1-3-17(2,20-11-5-4-6-12-20)16(19)13-14-7-9-15(18)10-8-14/h7-10,16H,3-6,11-13,19H2,1-2H3. The Kier molecular flexibility index (Phi) is 5.48. The maximum atomic E-state index is 6.59. The van der Waals surface area contributed by atoms with Crippen LogP contribution in [0.5, 0.6) is 0 Å². The van der Waals surface area contributed by atoms with Crippen LogP contribution in [0.1, 0.15) is 45.1 Å². The Morgan fingerprint density at radius 3 is 2.35 bits per heavy atom. The van der Waals surface area contributed by atoms with Crippen molar-refractivity contribution in [2.24, 2.45) is 5.73 Å². The van der Waals surface area contributed by atoms with E-state index in [1.54, 1.807) is 0 Å². The molecule has 20 heavy (non-hydrogen) atoms. The van der Waals surface area contributed by atoms with Crippen LogP contribution in [0.4, 0.5) is 0 Å². The Bertz CT molecular complexity index is 412. The van der Waals surface area contributed by atoms with Crippen LogP contribution in [-0.2, 0) is 6.42 Å². The number of halogens is 1. The molecule has 2 nitrogen and oxygen atoms in total. The molecule has 2 rings (SSSR count). The number of nitrogens with two attached hydrogens (primary N) is 1. The zero-order chi connectivity index (χ0) is 14.6. The third kappa shape index (κ3) is 3.55. The van der Waals surface area contributed by atoms with Gasteiger partial charge >= 0.3 is 0 Å². The van der Waals surface area contributed by atoms with E-state index in [9.17, 15) is 0 Å². The van der Waals surface area contributed by atoms with Gasteiger partial charge in [0.25, 0.3) is 0 Å². The molecule has 1 aromatic carbocycles. The van der Waals surface area contributed by atoms with E-state index >= 15 is 0 Å². The van der Waals surface area contributed by atoms with E-state index in [4.69, 9.17) is 17.3 Å². The van der Waals surface area contributed by atoms with E-state index in [0.29, 0.717) is 0 Å². The third-order valence-corrected chi connectivity index (χ3v) is 5.21. The summed E-state index contributed by atoms with van der Waals surface area (Å²) < 4.78 is 0. The molecule has 2 N–H and O–H groups in total. The Labute approximate surface area is 128 Å². The second kappa shape index (κ2) is 6.93. The van der Waals surface area contributed by atoms with Gasteiger partial charge in [0.05, 0.1) is 0 Å². The highest BCUT2D eigenvalue weighted by Crippen LogP contribution is 2.28. The van der Waals surface area contributed by atoms with Crippen molar-refractivity contribution in [1.29, 1.82) is 0 Å². The average molecular weight is 295 g/mol. The number of benzene rings is 1. The van der Waals surface area contributed by atoms with Gasteiger partial charge in [-0.2, -0.15) is 0 Å². The highest BCUT2D eigenvalue weighted by atomic mass is 35.5. The number of piperidine rings is 1. The predicted octanol–water partition coefficient (Wildman–Crippen LogP) is 3.86. The second-order valence-electron chi connectivity index (χ2n) is 6.20. The van der Waals surface area contributed by atoms with Crippen molar-refractivity contribution in [3.8, 4) is 0 Å². The van der Waals surface area contributed by atoms with Gasteiger partial charge in [-0.15, -0.1) is 0 Å². The Morgan fingerprint density at radius 1 is 1.20 bits per heavy atom. The van der Waals surface area contributed by atoms with Crippen molar-refractivity contribution < 1.29 is 0 Å². The molecule has 0 amide bonds. The lowest BCUT2D eigenvalue weighted by molar-refractivity contribution is 0.0546. The molecule has 0 bridgehead atoms. The van der Waals surface area contributed by atoms with E-state index in [1.807, 2.05) is 12.1 Å². The highest BCUT2D eigenvalue weighted by molar-refractivity contribution is 6.30. The molecule has 2 unspecified atom stereocenters. The largest absolute Gasteiger partial charge is 0.326 e. The molecule has 1 aliphatic rings. The van der Waals surface area contributed by atoms with Gasteiger partial charge in [0.15, 0.2) is 0 Å². The minimum atomic E-state index is 0.0973. The predicted molar refractivity (Wildman–Crippen MR) is 87.3 cm³/mol. The van der Waals surface area contributed by atoms with Crippen molar-refractivity contribution in [3.63, 3.8) is 0 Å². The third-order valence-electron chi connectivity index (χ3n) is 4.96. The molecule has 0 spiro atoms. The molecular weight excluding hydrogens is 268 g/mol. The summed E-state index contributed by atoms with van der Waals surface area (Å²) in [5.74, 6) is 0. The van der Waals surface area contributed by atoms with Gasteiger partial charge in [0, 0.05) is 16.6 Å². The summed E-state index contributed by atoms with van der Waals surface area (Å²) in [6.07, 6.45) is 6.00. The Balaban J connectivity index is 2.07. The van der Waals surface area contributed by atoms with E-state index < -0.39 is 0 Å². The molecule has 1 heterocycles. The average Bonchev–Trinajstić information content (AvgIpc) is 2.49. The van der Waals surface area contributed by atoms with E-state index in [2.05, 4.69) is 30.9 Å². The minimum Gasteiger partial charge on any atom is -0.326 e. The van der Waals surface area contributed by atoms with Crippen molar-refractivity contribution in [2.45, 2.75) is 57.5 Å². The summed E-state index contributed by atoms with van der Waals surface area (Å²) >= 11 is 5.95. The SMILES string of the molecule is CCC(C)(C(N)Cc1ccc(Cl)cc1)N1CCCCC1. The van der Waals surface area contributed by atoms with Gasteiger partial charge in [-0.05, 0) is 63.4 Å². The topological polar surface area (TPSA) is 29.3 Å². The van der Waals surface area contributed by atoms with Crippen LogP contribution in [0.3, 0.4) is 0 Å². The maximum absolute atomic E-state index is 6.59. The molecule has 0 aliphatic carbocycles. The lowest BCUT2D eigenvalue weighted by Gasteiger charge is -2.47. The zero-order valence-electron chi connectivity index (χ0n) is 12.7. The first-order valence-corrected chi connectivity index (χ1v) is 8.19. The number of hydrogen-bond acceptors (Lipinski definition) is 2. The Hall–Kier alpha value is -0.570. The van der Waals surface area contributed by atoms with Crippen LogP contribution in [0.25, 0.3) is 0 Å². The van der Waals surface area contributed by atoms with Gasteiger partial charge in [-0.25, -0.2) is 0 Å². The number of hydrogen-bond donors (Lipinski definition) is 1. The lowest BCUT2D eigenvalue weighted by atomic mass is 9.83. The van der Waals surface area contributed by atoms with Crippen molar-refractivity contribution in [2.75, 3.05) is 13.1 Å². The molecule has 0 radical (unpaired) electrons. The molecule has 1 saturated heterocycles. The van der Waals surface area contributed by atoms with Gasteiger partial charge < -0.3 is 5.73 Å². The van der Waals surface area contributed by atoms with Gasteiger partial charge in [0.1, 0.15) is 0 Å². The van der Waals surface area contributed by atoms with E-state index in [-0.39, 0.29) is 11.6 Å². The first-order valence-electron chi connectivity index (χ1n) is 7.81. The van der Waals surface area contributed by atoms with Crippen LogP contribution in [0, 0.1) is 0 Å². The fourth-order valence-corrected chi connectivity index (χ4v) is 3.35. The van der Waals surface area contributed by atoms with Crippen LogP contribution in [0.15, 0.2) is 24.3 Å². The molecule has 2 atom stereocenters. The van der Waals surface area contributed by atoms with Gasteiger partial charge in [0.2, 0.25) is 0 Å². The summed E-state index contributed by atoms with van der Waals surface area (Å²) in [5.41, 5.74) is 7.96. The summed E-state index contributed by atoms with van der Waals surface area (Å²) in [5, 5.41) is 0.789. The summed E-state index contributed by atoms with van der Waals surface area (Å²) in [4.78, 5) is 2.61. The smallest absolute Gasteiger partial charge is 0.0406 e. The van der Waals surface area contributed by atoms with Crippen molar-refractivity contribution in [3.05, 3.63) is 34.9 Å².